The van der Waals surface area contributed by atoms with E-state index >= 15 is 0 Å². The highest BCUT2D eigenvalue weighted by Crippen LogP contribution is 2.35. The smallest absolute Gasteiger partial charge is 0.258 e. The summed E-state index contributed by atoms with van der Waals surface area (Å²) < 4.78 is 11.5. The molecule has 0 radical (unpaired) electrons. The standard InChI is InChI=1S/C22H31N3O3/c1-8-16(9-2)25-18-12-15(5)24-22(19(18)21(26)23-6)28-20-13(3)10-17(27-7)11-14(20)4/h10-12,16H,8-9H2,1-7H3,(H,23,26)(H,24,25). The third-order valence-electron chi connectivity index (χ3n) is 4.78. The summed E-state index contributed by atoms with van der Waals surface area (Å²) in [7, 11) is 3.24. The Morgan fingerprint density at radius 3 is 2.21 bits per heavy atom. The number of benzene rings is 1. The van der Waals surface area contributed by atoms with Crippen LogP contribution in [-0.4, -0.2) is 31.1 Å². The minimum atomic E-state index is -0.236. The molecule has 0 saturated heterocycles. The molecule has 1 aromatic carbocycles. The van der Waals surface area contributed by atoms with Crippen molar-refractivity contribution in [3.05, 3.63) is 40.6 Å². The minimum absolute atomic E-state index is 0.236. The maximum Gasteiger partial charge on any atom is 0.258 e. The first-order valence-corrected chi connectivity index (χ1v) is 9.67. The Morgan fingerprint density at radius 2 is 1.71 bits per heavy atom. The Bertz CT molecular complexity index is 822. The molecule has 0 spiro atoms. The fraction of sp³-hybridized carbons (Fsp3) is 0.455. The minimum Gasteiger partial charge on any atom is -0.497 e. The zero-order valence-corrected chi connectivity index (χ0v) is 17.9. The number of methoxy groups -OCH3 is 1. The van der Waals surface area contributed by atoms with Crippen LogP contribution >= 0.6 is 0 Å². The molecule has 28 heavy (non-hydrogen) atoms. The molecule has 1 amide bonds. The van der Waals surface area contributed by atoms with Crippen LogP contribution in [0.5, 0.6) is 17.4 Å². The van der Waals surface area contributed by atoms with Gasteiger partial charge < -0.3 is 20.1 Å². The van der Waals surface area contributed by atoms with Crippen LogP contribution in [0.2, 0.25) is 0 Å². The van der Waals surface area contributed by atoms with Gasteiger partial charge in [0.25, 0.3) is 5.91 Å². The van der Waals surface area contributed by atoms with Crippen molar-refractivity contribution in [3.63, 3.8) is 0 Å². The molecule has 2 N–H and O–H groups in total. The largest absolute Gasteiger partial charge is 0.497 e. The van der Waals surface area contributed by atoms with Gasteiger partial charge in [-0.15, -0.1) is 0 Å². The normalized spacial score (nSPS) is 10.7. The number of nitrogens with one attached hydrogen (secondary N) is 2. The van der Waals surface area contributed by atoms with E-state index in [4.69, 9.17) is 9.47 Å². The summed E-state index contributed by atoms with van der Waals surface area (Å²) >= 11 is 0. The van der Waals surface area contributed by atoms with Crippen molar-refractivity contribution in [3.8, 4) is 17.4 Å². The summed E-state index contributed by atoms with van der Waals surface area (Å²) in [5.41, 5.74) is 3.75. The predicted octanol–water partition coefficient (Wildman–Crippen LogP) is 4.77. The van der Waals surface area contributed by atoms with Crippen molar-refractivity contribution in [2.45, 2.75) is 53.5 Å². The van der Waals surface area contributed by atoms with Crippen molar-refractivity contribution in [1.29, 1.82) is 0 Å². The quantitative estimate of drug-likeness (QED) is 0.685. The van der Waals surface area contributed by atoms with Crippen LogP contribution < -0.4 is 20.1 Å². The molecule has 2 aromatic rings. The number of pyridine rings is 1. The van der Waals surface area contributed by atoms with Crippen molar-refractivity contribution >= 4 is 11.6 Å². The fourth-order valence-corrected chi connectivity index (χ4v) is 3.18. The van der Waals surface area contributed by atoms with Crippen molar-refractivity contribution in [2.24, 2.45) is 0 Å². The molecule has 0 bridgehead atoms. The maximum atomic E-state index is 12.7. The van der Waals surface area contributed by atoms with E-state index in [0.29, 0.717) is 17.2 Å². The highest BCUT2D eigenvalue weighted by Gasteiger charge is 2.22. The third-order valence-corrected chi connectivity index (χ3v) is 4.78. The van der Waals surface area contributed by atoms with Gasteiger partial charge in [-0.1, -0.05) is 13.8 Å². The molecule has 0 aliphatic carbocycles. The summed E-state index contributed by atoms with van der Waals surface area (Å²) in [6.07, 6.45) is 1.91. The number of rotatable bonds is 8. The Hall–Kier alpha value is -2.76. The zero-order chi connectivity index (χ0) is 20.8. The van der Waals surface area contributed by atoms with E-state index in [-0.39, 0.29) is 11.9 Å². The highest BCUT2D eigenvalue weighted by molar-refractivity contribution is 6.01. The predicted molar refractivity (Wildman–Crippen MR) is 113 cm³/mol. The van der Waals surface area contributed by atoms with Crippen LogP contribution in [0.1, 0.15) is 53.9 Å². The second-order valence-electron chi connectivity index (χ2n) is 6.92. The third kappa shape index (κ3) is 4.74. The van der Waals surface area contributed by atoms with Crippen LogP contribution in [0.25, 0.3) is 0 Å². The molecule has 0 fully saturated rings. The SMILES string of the molecule is CCC(CC)Nc1cc(C)nc(Oc2c(C)cc(OC)cc2C)c1C(=O)NC. The Labute approximate surface area is 167 Å². The molecule has 1 heterocycles. The number of carbonyl (C=O) groups excluding carboxylic acids is 1. The van der Waals surface area contributed by atoms with E-state index in [2.05, 4.69) is 29.5 Å². The van der Waals surface area contributed by atoms with Crippen LogP contribution in [0.3, 0.4) is 0 Å². The van der Waals surface area contributed by atoms with Crippen molar-refractivity contribution in [1.82, 2.24) is 10.3 Å². The summed E-state index contributed by atoms with van der Waals surface area (Å²) in [5.74, 6) is 1.50. The lowest BCUT2D eigenvalue weighted by atomic mass is 10.1. The number of amides is 1. The summed E-state index contributed by atoms with van der Waals surface area (Å²) in [6, 6.07) is 5.97. The Balaban J connectivity index is 2.57. The molecule has 0 aliphatic heterocycles. The van der Waals surface area contributed by atoms with Gasteiger partial charge in [0.2, 0.25) is 5.88 Å². The molecule has 0 atom stereocenters. The topological polar surface area (TPSA) is 72.5 Å². The second kappa shape index (κ2) is 9.44. The molecule has 0 aliphatic rings. The van der Waals surface area contributed by atoms with Gasteiger partial charge in [-0.05, 0) is 62.9 Å². The zero-order valence-electron chi connectivity index (χ0n) is 17.9. The van der Waals surface area contributed by atoms with E-state index in [1.54, 1.807) is 14.2 Å². The number of ether oxygens (including phenoxy) is 2. The molecular weight excluding hydrogens is 354 g/mol. The molecule has 1 aromatic heterocycles. The first kappa shape index (κ1) is 21.5. The number of nitrogens with zero attached hydrogens (tertiary/aromatic N) is 1. The second-order valence-corrected chi connectivity index (χ2v) is 6.92. The number of aryl methyl sites for hydroxylation is 3. The maximum absolute atomic E-state index is 12.7. The molecule has 6 nitrogen and oxygen atoms in total. The number of carbonyl (C=O) groups is 1. The number of hydrogen-bond acceptors (Lipinski definition) is 5. The van der Waals surface area contributed by atoms with Gasteiger partial charge in [0.15, 0.2) is 0 Å². The average molecular weight is 386 g/mol. The first-order valence-electron chi connectivity index (χ1n) is 9.67. The van der Waals surface area contributed by atoms with Crippen LogP contribution in [0, 0.1) is 20.8 Å². The number of aromatic nitrogens is 1. The lowest BCUT2D eigenvalue weighted by molar-refractivity contribution is 0.0961. The van der Waals surface area contributed by atoms with Gasteiger partial charge in [-0.3, -0.25) is 4.79 Å². The van der Waals surface area contributed by atoms with Gasteiger partial charge in [0.05, 0.1) is 12.8 Å². The van der Waals surface area contributed by atoms with Gasteiger partial charge in [-0.2, -0.15) is 0 Å². The van der Waals surface area contributed by atoms with Gasteiger partial charge in [0.1, 0.15) is 17.1 Å². The van der Waals surface area contributed by atoms with Crippen LogP contribution in [-0.2, 0) is 0 Å². The summed E-state index contributed by atoms with van der Waals surface area (Å²) in [5, 5.41) is 6.18. The molecular formula is C22H31N3O3. The summed E-state index contributed by atoms with van der Waals surface area (Å²) in [6.45, 7) is 10.0. The van der Waals surface area contributed by atoms with E-state index in [9.17, 15) is 4.79 Å². The van der Waals surface area contributed by atoms with E-state index in [1.165, 1.54) is 0 Å². The molecule has 0 saturated carbocycles. The van der Waals surface area contributed by atoms with Gasteiger partial charge in [-0.25, -0.2) is 4.98 Å². The molecule has 152 valence electrons. The fourth-order valence-electron chi connectivity index (χ4n) is 3.18. The van der Waals surface area contributed by atoms with E-state index in [0.717, 1.165) is 41.1 Å². The van der Waals surface area contributed by atoms with Gasteiger partial charge in [0, 0.05) is 18.8 Å². The van der Waals surface area contributed by atoms with Crippen molar-refractivity contribution in [2.75, 3.05) is 19.5 Å². The van der Waals surface area contributed by atoms with Crippen LogP contribution in [0.15, 0.2) is 18.2 Å². The Kier molecular flexibility index (Phi) is 7.26. The summed E-state index contributed by atoms with van der Waals surface area (Å²) in [4.78, 5) is 17.2. The number of hydrogen-bond donors (Lipinski definition) is 2. The monoisotopic (exact) mass is 385 g/mol. The lowest BCUT2D eigenvalue weighted by Crippen LogP contribution is -2.24. The van der Waals surface area contributed by atoms with E-state index in [1.807, 2.05) is 39.0 Å². The number of anilines is 1. The van der Waals surface area contributed by atoms with E-state index < -0.39 is 0 Å². The molecule has 6 heteroatoms. The molecule has 0 unspecified atom stereocenters. The van der Waals surface area contributed by atoms with Gasteiger partial charge >= 0.3 is 0 Å². The van der Waals surface area contributed by atoms with Crippen LogP contribution in [0.4, 0.5) is 5.69 Å². The lowest BCUT2D eigenvalue weighted by Gasteiger charge is -2.21. The van der Waals surface area contributed by atoms with Crippen molar-refractivity contribution < 1.29 is 14.3 Å². The average Bonchev–Trinajstić information content (AvgIpc) is 2.67. The molecule has 2 rings (SSSR count). The Morgan fingerprint density at radius 1 is 1.11 bits per heavy atom. The first-order chi connectivity index (χ1) is 13.3. The highest BCUT2D eigenvalue weighted by atomic mass is 16.5.